The first kappa shape index (κ1) is 14.5. The minimum atomic E-state index is -3.62. The van der Waals surface area contributed by atoms with Crippen molar-refractivity contribution in [3.63, 3.8) is 0 Å². The molecule has 106 valence electrons. The van der Waals surface area contributed by atoms with E-state index >= 15 is 0 Å². The van der Waals surface area contributed by atoms with Crippen LogP contribution in [0.5, 0.6) is 0 Å². The molecule has 2 aromatic rings. The van der Waals surface area contributed by atoms with Crippen LogP contribution in [0.4, 0.5) is 5.82 Å². The predicted molar refractivity (Wildman–Crippen MR) is 78.7 cm³/mol. The normalized spacial score (nSPS) is 11.4. The summed E-state index contributed by atoms with van der Waals surface area (Å²) >= 11 is 0. The molecule has 0 atom stereocenters. The molecule has 0 saturated carbocycles. The number of rotatable bonds is 5. The molecule has 0 aliphatic heterocycles. The number of pyridine rings is 1. The highest BCUT2D eigenvalue weighted by molar-refractivity contribution is 7.89. The van der Waals surface area contributed by atoms with Gasteiger partial charge in [-0.25, -0.2) is 18.1 Å². The van der Waals surface area contributed by atoms with Crippen molar-refractivity contribution in [2.24, 2.45) is 0 Å². The first-order valence-corrected chi connectivity index (χ1v) is 7.74. The predicted octanol–water partition coefficient (Wildman–Crippen LogP) is 1.49. The fraction of sp³-hybridized carbons (Fsp3) is 0.214. The number of nitrogens with zero attached hydrogens (tertiary/aromatic N) is 1. The molecule has 6 heteroatoms. The maximum Gasteiger partial charge on any atom is 0.258 e. The maximum absolute atomic E-state index is 12.2. The largest absolute Gasteiger partial charge is 0.384 e. The summed E-state index contributed by atoms with van der Waals surface area (Å²) in [5.74, 6) is 0.194. The van der Waals surface area contributed by atoms with E-state index in [1.807, 2.05) is 30.3 Å². The van der Waals surface area contributed by atoms with Crippen LogP contribution in [0.2, 0.25) is 0 Å². The highest BCUT2D eigenvalue weighted by Crippen LogP contribution is 2.13. The average Bonchev–Trinajstić information content (AvgIpc) is 2.42. The van der Waals surface area contributed by atoms with Crippen LogP contribution in [-0.4, -0.2) is 19.9 Å². The minimum absolute atomic E-state index is 0.00874. The van der Waals surface area contributed by atoms with E-state index in [1.54, 1.807) is 19.1 Å². The second kappa shape index (κ2) is 6.02. The van der Waals surface area contributed by atoms with Gasteiger partial charge in [0.15, 0.2) is 5.03 Å². The lowest BCUT2D eigenvalue weighted by molar-refractivity contribution is 0.577. The minimum Gasteiger partial charge on any atom is -0.384 e. The van der Waals surface area contributed by atoms with Crippen molar-refractivity contribution < 1.29 is 8.42 Å². The molecule has 0 amide bonds. The maximum atomic E-state index is 12.2. The third kappa shape index (κ3) is 3.55. The zero-order valence-corrected chi connectivity index (χ0v) is 12.0. The lowest BCUT2D eigenvalue weighted by Gasteiger charge is -2.09. The second-order valence-electron chi connectivity index (χ2n) is 4.49. The number of anilines is 1. The summed E-state index contributed by atoms with van der Waals surface area (Å²) < 4.78 is 26.9. The summed E-state index contributed by atoms with van der Waals surface area (Å²) in [6.07, 6.45) is 0.626. The summed E-state index contributed by atoms with van der Waals surface area (Å²) in [7, 11) is -3.62. The van der Waals surface area contributed by atoms with E-state index in [1.165, 1.54) is 0 Å². The summed E-state index contributed by atoms with van der Waals surface area (Å²) in [4.78, 5) is 3.90. The molecule has 1 heterocycles. The van der Waals surface area contributed by atoms with E-state index in [4.69, 9.17) is 5.73 Å². The Labute approximate surface area is 118 Å². The van der Waals surface area contributed by atoms with Crippen molar-refractivity contribution in [2.45, 2.75) is 18.4 Å². The number of aromatic nitrogens is 1. The van der Waals surface area contributed by atoms with Gasteiger partial charge in [0.1, 0.15) is 5.82 Å². The third-order valence-electron chi connectivity index (χ3n) is 2.88. The lowest BCUT2D eigenvalue weighted by Crippen LogP contribution is -2.27. The Morgan fingerprint density at radius 2 is 1.85 bits per heavy atom. The molecule has 1 aromatic carbocycles. The Bertz CT molecular complexity index is 685. The number of nitrogens with one attached hydrogen (secondary N) is 1. The van der Waals surface area contributed by atoms with Gasteiger partial charge in [0.05, 0.1) is 0 Å². The van der Waals surface area contributed by atoms with E-state index < -0.39 is 10.0 Å². The molecule has 0 radical (unpaired) electrons. The summed E-state index contributed by atoms with van der Waals surface area (Å²) in [6.45, 7) is 2.01. The Morgan fingerprint density at radius 3 is 2.55 bits per heavy atom. The molecule has 0 bridgehead atoms. The van der Waals surface area contributed by atoms with Crippen LogP contribution in [0, 0.1) is 6.92 Å². The molecule has 1 aromatic heterocycles. The van der Waals surface area contributed by atoms with Crippen LogP contribution in [0.1, 0.15) is 11.1 Å². The first-order chi connectivity index (χ1) is 9.49. The number of nitrogens with two attached hydrogens (primary N) is 1. The summed E-state index contributed by atoms with van der Waals surface area (Å²) in [6, 6.07) is 12.9. The quantitative estimate of drug-likeness (QED) is 0.874. The van der Waals surface area contributed by atoms with Gasteiger partial charge in [-0.3, -0.25) is 0 Å². The SMILES string of the molecule is Cc1ccc(N)nc1S(=O)(=O)NCCc1ccccc1. The standard InChI is InChI=1S/C14H17N3O2S/c1-11-7-8-13(15)17-14(11)20(18,19)16-10-9-12-5-3-2-4-6-12/h2-8,16H,9-10H2,1H3,(H2,15,17). The van der Waals surface area contributed by atoms with Crippen molar-refractivity contribution in [1.82, 2.24) is 9.71 Å². The van der Waals surface area contributed by atoms with Crippen LogP contribution in [-0.2, 0) is 16.4 Å². The van der Waals surface area contributed by atoms with E-state index in [0.29, 0.717) is 18.5 Å². The lowest BCUT2D eigenvalue weighted by atomic mass is 10.2. The molecule has 0 saturated heterocycles. The van der Waals surface area contributed by atoms with E-state index in [9.17, 15) is 8.42 Å². The van der Waals surface area contributed by atoms with Gasteiger partial charge >= 0.3 is 0 Å². The topological polar surface area (TPSA) is 85.1 Å². The molecule has 3 N–H and O–H groups in total. The Kier molecular flexibility index (Phi) is 4.36. The monoisotopic (exact) mass is 291 g/mol. The highest BCUT2D eigenvalue weighted by atomic mass is 32.2. The Balaban J connectivity index is 2.06. The molecule has 2 rings (SSSR count). The molecular weight excluding hydrogens is 274 g/mol. The van der Waals surface area contributed by atoms with Crippen LogP contribution in [0.25, 0.3) is 0 Å². The molecule has 5 nitrogen and oxygen atoms in total. The number of hydrogen-bond acceptors (Lipinski definition) is 4. The van der Waals surface area contributed by atoms with Crippen molar-refractivity contribution in [3.05, 3.63) is 53.6 Å². The number of aryl methyl sites for hydroxylation is 1. The van der Waals surface area contributed by atoms with Crippen molar-refractivity contribution >= 4 is 15.8 Å². The molecule has 0 unspecified atom stereocenters. The van der Waals surface area contributed by atoms with Crippen LogP contribution >= 0.6 is 0 Å². The van der Waals surface area contributed by atoms with Crippen molar-refractivity contribution in [3.8, 4) is 0 Å². The second-order valence-corrected chi connectivity index (χ2v) is 6.17. The third-order valence-corrected chi connectivity index (χ3v) is 4.38. The molecule has 20 heavy (non-hydrogen) atoms. The molecule has 0 spiro atoms. The zero-order chi connectivity index (χ0) is 14.6. The van der Waals surface area contributed by atoms with Crippen LogP contribution < -0.4 is 10.5 Å². The molecular formula is C14H17N3O2S. The van der Waals surface area contributed by atoms with Gasteiger partial charge in [-0.05, 0) is 30.5 Å². The first-order valence-electron chi connectivity index (χ1n) is 6.26. The Hall–Kier alpha value is -1.92. The smallest absolute Gasteiger partial charge is 0.258 e. The number of sulfonamides is 1. The van der Waals surface area contributed by atoms with Gasteiger partial charge in [-0.2, -0.15) is 0 Å². The number of benzene rings is 1. The fourth-order valence-corrected chi connectivity index (χ4v) is 3.06. The average molecular weight is 291 g/mol. The van der Waals surface area contributed by atoms with Gasteiger partial charge in [-0.1, -0.05) is 36.4 Å². The van der Waals surface area contributed by atoms with Gasteiger partial charge in [-0.15, -0.1) is 0 Å². The van der Waals surface area contributed by atoms with Gasteiger partial charge in [0.25, 0.3) is 10.0 Å². The summed E-state index contributed by atoms with van der Waals surface area (Å²) in [5.41, 5.74) is 7.19. The van der Waals surface area contributed by atoms with Crippen LogP contribution in [0.15, 0.2) is 47.5 Å². The van der Waals surface area contributed by atoms with Crippen molar-refractivity contribution in [1.29, 1.82) is 0 Å². The molecule has 0 fully saturated rings. The summed E-state index contributed by atoms with van der Waals surface area (Å²) in [5, 5.41) is -0.00874. The van der Waals surface area contributed by atoms with Gasteiger partial charge in [0.2, 0.25) is 0 Å². The highest BCUT2D eigenvalue weighted by Gasteiger charge is 2.18. The van der Waals surface area contributed by atoms with Crippen LogP contribution in [0.3, 0.4) is 0 Å². The van der Waals surface area contributed by atoms with E-state index in [2.05, 4.69) is 9.71 Å². The molecule has 0 aliphatic rings. The molecule has 0 aliphatic carbocycles. The van der Waals surface area contributed by atoms with Crippen molar-refractivity contribution in [2.75, 3.05) is 12.3 Å². The fourth-order valence-electron chi connectivity index (χ4n) is 1.84. The number of nitrogen functional groups attached to an aromatic ring is 1. The van der Waals surface area contributed by atoms with Gasteiger partial charge < -0.3 is 5.73 Å². The van der Waals surface area contributed by atoms with E-state index in [-0.39, 0.29) is 10.8 Å². The Morgan fingerprint density at radius 1 is 1.15 bits per heavy atom. The van der Waals surface area contributed by atoms with Gasteiger partial charge in [0, 0.05) is 6.54 Å². The number of hydrogen-bond donors (Lipinski definition) is 2. The zero-order valence-electron chi connectivity index (χ0n) is 11.2. The van der Waals surface area contributed by atoms with E-state index in [0.717, 1.165) is 5.56 Å².